The summed E-state index contributed by atoms with van der Waals surface area (Å²) in [5.74, 6) is -1.57. The topological polar surface area (TPSA) is 113 Å². The van der Waals surface area contributed by atoms with Crippen molar-refractivity contribution in [2.24, 2.45) is 10.8 Å². The van der Waals surface area contributed by atoms with Crippen molar-refractivity contribution < 1.29 is 22.4 Å². The van der Waals surface area contributed by atoms with E-state index in [1.807, 2.05) is 0 Å². The third-order valence-corrected chi connectivity index (χ3v) is 6.40. The minimum Gasteiger partial charge on any atom is -0.368 e. The Hall–Kier alpha value is -2.49. The molecule has 0 aromatic heterocycles. The summed E-state index contributed by atoms with van der Waals surface area (Å²) in [4.78, 5) is 25.8. The van der Waals surface area contributed by atoms with E-state index < -0.39 is 39.6 Å². The fourth-order valence-corrected chi connectivity index (χ4v) is 4.92. The number of hydrogen-bond donors (Lipinski definition) is 1. The second-order valence-electron chi connectivity index (χ2n) is 6.46. The van der Waals surface area contributed by atoms with Crippen LogP contribution in [0.4, 0.5) is 10.1 Å². The highest BCUT2D eigenvalue weighted by atomic mass is 32.2. The van der Waals surface area contributed by atoms with Crippen molar-refractivity contribution in [3.05, 3.63) is 30.1 Å². The Morgan fingerprint density at radius 2 is 1.96 bits per heavy atom. The molecule has 2 N–H and O–H groups in total. The summed E-state index contributed by atoms with van der Waals surface area (Å²) in [7, 11) is -1.61. The zero-order chi connectivity index (χ0) is 19.1. The standard InChI is InChI=1S/C16H19FN4O4S/c1-20(12-6-7-26(24,25)9-12)16(23)13-8-14(15(18)22)21(19-13)11-4-2-10(17)3-5-11/h2-5,12,14H,6-9H2,1H3,(H2,18,22)/t12-,14+/m1/s1. The highest BCUT2D eigenvalue weighted by Gasteiger charge is 2.39. The van der Waals surface area contributed by atoms with Crippen LogP contribution in [0.3, 0.4) is 0 Å². The number of nitrogens with zero attached hydrogens (tertiary/aromatic N) is 3. The first kappa shape index (κ1) is 18.3. The second kappa shape index (κ2) is 6.67. The first-order valence-corrected chi connectivity index (χ1v) is 9.89. The molecule has 2 aliphatic rings. The SMILES string of the molecule is CN(C(=O)C1=NN(c2ccc(F)cc2)[C@H](C(N)=O)C1)[C@@H]1CCS(=O)(=O)C1. The molecule has 0 spiro atoms. The predicted octanol–water partition coefficient (Wildman–Crippen LogP) is -0.109. The molecule has 2 heterocycles. The van der Waals surface area contributed by atoms with E-state index in [4.69, 9.17) is 5.73 Å². The summed E-state index contributed by atoms with van der Waals surface area (Å²) in [6.07, 6.45) is 0.383. The van der Waals surface area contributed by atoms with Crippen molar-refractivity contribution in [1.29, 1.82) is 0 Å². The number of hydrazone groups is 1. The third-order valence-electron chi connectivity index (χ3n) is 4.65. The van der Waals surface area contributed by atoms with Crippen molar-refractivity contribution in [2.75, 3.05) is 23.6 Å². The van der Waals surface area contributed by atoms with Crippen molar-refractivity contribution >= 4 is 33.1 Å². The molecule has 1 saturated heterocycles. The molecule has 1 fully saturated rings. The number of nitrogens with two attached hydrogens (primary N) is 1. The van der Waals surface area contributed by atoms with Gasteiger partial charge in [0, 0.05) is 19.5 Å². The molecule has 10 heteroatoms. The first-order valence-electron chi connectivity index (χ1n) is 8.07. The zero-order valence-electron chi connectivity index (χ0n) is 14.1. The number of sulfone groups is 1. The largest absolute Gasteiger partial charge is 0.368 e. The molecule has 0 bridgehead atoms. The maximum absolute atomic E-state index is 13.1. The van der Waals surface area contributed by atoms with E-state index in [0.717, 1.165) is 0 Å². The Kier molecular flexibility index (Phi) is 4.70. The summed E-state index contributed by atoms with van der Waals surface area (Å²) < 4.78 is 36.4. The van der Waals surface area contributed by atoms with Gasteiger partial charge in [-0.3, -0.25) is 14.6 Å². The number of halogens is 1. The zero-order valence-corrected chi connectivity index (χ0v) is 14.9. The Balaban J connectivity index is 1.83. The van der Waals surface area contributed by atoms with Gasteiger partial charge in [-0.15, -0.1) is 0 Å². The number of rotatable bonds is 4. The highest BCUT2D eigenvalue weighted by Crippen LogP contribution is 2.26. The van der Waals surface area contributed by atoms with Crippen LogP contribution in [-0.2, 0) is 19.4 Å². The van der Waals surface area contributed by atoms with Gasteiger partial charge in [0.15, 0.2) is 9.84 Å². The molecule has 26 heavy (non-hydrogen) atoms. The van der Waals surface area contributed by atoms with Gasteiger partial charge in [-0.2, -0.15) is 5.10 Å². The fraction of sp³-hybridized carbons (Fsp3) is 0.438. The molecule has 1 aromatic carbocycles. The average Bonchev–Trinajstić information content (AvgIpc) is 3.18. The second-order valence-corrected chi connectivity index (χ2v) is 8.69. The number of hydrogen-bond acceptors (Lipinski definition) is 6. The van der Waals surface area contributed by atoms with Gasteiger partial charge >= 0.3 is 0 Å². The minimum atomic E-state index is -3.13. The highest BCUT2D eigenvalue weighted by molar-refractivity contribution is 7.91. The number of anilines is 1. The molecule has 0 aliphatic carbocycles. The molecule has 1 aromatic rings. The molecule has 140 valence electrons. The molecular weight excluding hydrogens is 363 g/mol. The van der Waals surface area contributed by atoms with Crippen LogP contribution in [0.5, 0.6) is 0 Å². The molecule has 2 atom stereocenters. The summed E-state index contributed by atoms with van der Waals surface area (Å²) in [6, 6.07) is 4.05. The van der Waals surface area contributed by atoms with Crippen LogP contribution >= 0.6 is 0 Å². The van der Waals surface area contributed by atoms with Crippen LogP contribution in [0.25, 0.3) is 0 Å². The number of amides is 2. The Bertz CT molecular complexity index is 869. The van der Waals surface area contributed by atoms with E-state index in [-0.39, 0.29) is 23.6 Å². The van der Waals surface area contributed by atoms with Gasteiger partial charge in [0.2, 0.25) is 5.91 Å². The lowest BCUT2D eigenvalue weighted by atomic mass is 10.1. The normalized spacial score (nSPS) is 24.4. The van der Waals surface area contributed by atoms with Crippen molar-refractivity contribution in [3.8, 4) is 0 Å². The van der Waals surface area contributed by atoms with E-state index in [2.05, 4.69) is 5.10 Å². The molecule has 2 aliphatic heterocycles. The van der Waals surface area contributed by atoms with Gasteiger partial charge in [-0.25, -0.2) is 12.8 Å². The molecule has 8 nitrogen and oxygen atoms in total. The van der Waals surface area contributed by atoms with E-state index in [0.29, 0.717) is 12.1 Å². The van der Waals surface area contributed by atoms with E-state index in [9.17, 15) is 22.4 Å². The van der Waals surface area contributed by atoms with E-state index in [1.54, 1.807) is 0 Å². The van der Waals surface area contributed by atoms with Crippen LogP contribution < -0.4 is 10.7 Å². The first-order chi connectivity index (χ1) is 12.2. The molecule has 0 unspecified atom stereocenters. The van der Waals surface area contributed by atoms with Gasteiger partial charge in [0.05, 0.1) is 17.2 Å². The lowest BCUT2D eigenvalue weighted by Crippen LogP contribution is -2.42. The summed E-state index contributed by atoms with van der Waals surface area (Å²) in [5.41, 5.74) is 5.97. The maximum Gasteiger partial charge on any atom is 0.270 e. The van der Waals surface area contributed by atoms with Crippen LogP contribution in [-0.4, -0.2) is 61.5 Å². The summed E-state index contributed by atoms with van der Waals surface area (Å²) in [5, 5.41) is 5.51. The average molecular weight is 382 g/mol. The van der Waals surface area contributed by atoms with E-state index in [1.165, 1.54) is 41.2 Å². The van der Waals surface area contributed by atoms with E-state index >= 15 is 0 Å². The van der Waals surface area contributed by atoms with Crippen LogP contribution in [0.1, 0.15) is 12.8 Å². The van der Waals surface area contributed by atoms with Gasteiger partial charge in [-0.1, -0.05) is 0 Å². The van der Waals surface area contributed by atoms with Crippen molar-refractivity contribution in [3.63, 3.8) is 0 Å². The Morgan fingerprint density at radius 1 is 1.31 bits per heavy atom. The molecular formula is C16H19FN4O4S. The lowest BCUT2D eigenvalue weighted by molar-refractivity contribution is -0.124. The number of primary amides is 1. The van der Waals surface area contributed by atoms with Gasteiger partial charge in [-0.05, 0) is 30.7 Å². The number of carbonyl (C=O) groups is 2. The van der Waals surface area contributed by atoms with Crippen LogP contribution in [0.2, 0.25) is 0 Å². The lowest BCUT2D eigenvalue weighted by Gasteiger charge is -2.23. The molecule has 0 radical (unpaired) electrons. The van der Waals surface area contributed by atoms with Crippen LogP contribution in [0, 0.1) is 5.82 Å². The van der Waals surface area contributed by atoms with Gasteiger partial charge in [0.1, 0.15) is 17.6 Å². The Labute approximate surface area is 150 Å². The number of benzene rings is 1. The quantitative estimate of drug-likeness (QED) is 0.781. The number of carbonyl (C=O) groups excluding carboxylic acids is 2. The van der Waals surface area contributed by atoms with Crippen molar-refractivity contribution in [2.45, 2.75) is 24.9 Å². The molecule has 3 rings (SSSR count). The fourth-order valence-electron chi connectivity index (χ4n) is 3.14. The van der Waals surface area contributed by atoms with Gasteiger partial charge in [0.25, 0.3) is 5.91 Å². The summed E-state index contributed by atoms with van der Waals surface area (Å²) >= 11 is 0. The molecule has 0 saturated carbocycles. The smallest absolute Gasteiger partial charge is 0.270 e. The van der Waals surface area contributed by atoms with Crippen molar-refractivity contribution in [1.82, 2.24) is 4.90 Å². The monoisotopic (exact) mass is 382 g/mol. The predicted molar refractivity (Wildman–Crippen MR) is 93.7 cm³/mol. The molecule has 2 amide bonds. The van der Waals surface area contributed by atoms with Gasteiger partial charge < -0.3 is 10.6 Å². The minimum absolute atomic E-state index is 0.00928. The maximum atomic E-state index is 13.1. The van der Waals surface area contributed by atoms with Crippen LogP contribution in [0.15, 0.2) is 29.4 Å². The third kappa shape index (κ3) is 3.55. The Morgan fingerprint density at radius 3 is 2.50 bits per heavy atom. The summed E-state index contributed by atoms with van der Waals surface area (Å²) in [6.45, 7) is 0.